The summed E-state index contributed by atoms with van der Waals surface area (Å²) in [6, 6.07) is -0.904. The Morgan fingerprint density at radius 1 is 1.73 bits per heavy atom. The van der Waals surface area contributed by atoms with Gasteiger partial charge < -0.3 is 16.2 Å². The number of carbonyl (C=O) groups is 1. The van der Waals surface area contributed by atoms with Gasteiger partial charge in [-0.15, -0.1) is 0 Å². The van der Waals surface area contributed by atoms with Crippen LogP contribution in [0.5, 0.6) is 0 Å². The molecule has 0 fully saturated rings. The van der Waals surface area contributed by atoms with E-state index in [0.717, 1.165) is 0 Å². The first-order valence-electron chi connectivity index (χ1n) is 3.29. The van der Waals surface area contributed by atoms with Crippen molar-refractivity contribution in [3.8, 4) is 0 Å². The minimum absolute atomic E-state index is 0.0802. The lowest BCUT2D eigenvalue weighted by atomic mass is 10.1. The van der Waals surface area contributed by atoms with Crippen molar-refractivity contribution in [3.63, 3.8) is 0 Å². The van der Waals surface area contributed by atoms with Gasteiger partial charge in [-0.2, -0.15) is 0 Å². The van der Waals surface area contributed by atoms with Crippen LogP contribution < -0.4 is 11.5 Å². The van der Waals surface area contributed by atoms with Crippen LogP contribution in [0.4, 0.5) is 4.39 Å². The lowest BCUT2D eigenvalue weighted by Crippen LogP contribution is -2.36. The van der Waals surface area contributed by atoms with Crippen LogP contribution in [-0.4, -0.2) is 31.8 Å². The van der Waals surface area contributed by atoms with Gasteiger partial charge >= 0.3 is 5.97 Å². The number of hydrogen-bond donors (Lipinski definition) is 2. The Balaban J connectivity index is 3.67. The fourth-order valence-corrected chi connectivity index (χ4v) is 0.619. The van der Waals surface area contributed by atoms with E-state index in [4.69, 9.17) is 11.5 Å². The molecule has 66 valence electrons. The van der Waals surface area contributed by atoms with Gasteiger partial charge in [-0.3, -0.25) is 4.79 Å². The highest BCUT2D eigenvalue weighted by Gasteiger charge is 2.18. The van der Waals surface area contributed by atoms with Gasteiger partial charge in [-0.25, -0.2) is 4.39 Å². The predicted molar refractivity (Wildman–Crippen MR) is 38.6 cm³/mol. The number of alkyl halides is 1. The molecule has 0 aromatic rings. The summed E-state index contributed by atoms with van der Waals surface area (Å²) in [4.78, 5) is 10.6. The minimum Gasteiger partial charge on any atom is -0.468 e. The van der Waals surface area contributed by atoms with Crippen molar-refractivity contribution < 1.29 is 13.9 Å². The summed E-state index contributed by atoms with van der Waals surface area (Å²) < 4.78 is 16.8. The smallest absolute Gasteiger partial charge is 0.322 e. The first kappa shape index (κ1) is 10.3. The fraction of sp³-hybridized carbons (Fsp3) is 0.833. The number of ether oxygens (including phenoxy) is 1. The minimum atomic E-state index is -1.23. The van der Waals surface area contributed by atoms with Crippen molar-refractivity contribution in [1.29, 1.82) is 0 Å². The summed E-state index contributed by atoms with van der Waals surface area (Å²) in [5.74, 6) is -0.610. The van der Waals surface area contributed by atoms with Crippen molar-refractivity contribution in [1.82, 2.24) is 0 Å². The third-order valence-corrected chi connectivity index (χ3v) is 1.27. The first-order chi connectivity index (χ1) is 5.11. The lowest BCUT2D eigenvalue weighted by molar-refractivity contribution is -0.142. The van der Waals surface area contributed by atoms with Gasteiger partial charge in [0.05, 0.1) is 7.11 Å². The Hall–Kier alpha value is -0.680. The van der Waals surface area contributed by atoms with Crippen molar-refractivity contribution in [3.05, 3.63) is 0 Å². The van der Waals surface area contributed by atoms with Crippen LogP contribution in [0.1, 0.15) is 6.42 Å². The average molecular weight is 164 g/mol. The molecule has 11 heavy (non-hydrogen) atoms. The third-order valence-electron chi connectivity index (χ3n) is 1.27. The molecular formula is C6H13FN2O2. The van der Waals surface area contributed by atoms with Crippen molar-refractivity contribution in [2.45, 2.75) is 18.6 Å². The molecule has 2 atom stereocenters. The topological polar surface area (TPSA) is 78.3 Å². The molecule has 0 spiro atoms. The highest BCUT2D eigenvalue weighted by atomic mass is 19.1. The Kier molecular flexibility index (Phi) is 4.72. The van der Waals surface area contributed by atoms with Crippen LogP contribution in [0.15, 0.2) is 0 Å². The number of hydrogen-bond acceptors (Lipinski definition) is 4. The number of rotatable bonds is 4. The van der Waals surface area contributed by atoms with Crippen LogP contribution in [0.3, 0.4) is 0 Å². The molecule has 0 aromatic carbocycles. The third kappa shape index (κ3) is 3.90. The van der Waals surface area contributed by atoms with Crippen LogP contribution in [0.25, 0.3) is 0 Å². The van der Waals surface area contributed by atoms with Crippen LogP contribution >= 0.6 is 0 Å². The SMILES string of the molecule is COC(=O)[C@@H](N)C[C@@H](F)CN. The molecule has 0 aliphatic rings. The van der Waals surface area contributed by atoms with Gasteiger partial charge in [0.25, 0.3) is 0 Å². The summed E-state index contributed by atoms with van der Waals surface area (Å²) in [5.41, 5.74) is 10.2. The van der Waals surface area contributed by atoms with Gasteiger partial charge in [0.1, 0.15) is 12.2 Å². The van der Waals surface area contributed by atoms with E-state index < -0.39 is 18.2 Å². The molecule has 0 rings (SSSR count). The number of nitrogens with two attached hydrogens (primary N) is 2. The van der Waals surface area contributed by atoms with Crippen LogP contribution in [0, 0.1) is 0 Å². The number of carbonyl (C=O) groups excluding carboxylic acids is 1. The van der Waals surface area contributed by atoms with E-state index in [1.165, 1.54) is 7.11 Å². The van der Waals surface area contributed by atoms with E-state index in [0.29, 0.717) is 0 Å². The normalized spacial score (nSPS) is 15.6. The van der Waals surface area contributed by atoms with E-state index in [-0.39, 0.29) is 13.0 Å². The standard InChI is InChI=1S/C6H13FN2O2/c1-11-6(10)5(9)2-4(7)3-8/h4-5H,2-3,8-9H2,1H3/t4-,5+/m1/s1. The molecule has 0 heterocycles. The first-order valence-corrected chi connectivity index (χ1v) is 3.29. The lowest BCUT2D eigenvalue weighted by Gasteiger charge is -2.10. The van der Waals surface area contributed by atoms with Crippen molar-refractivity contribution in [2.75, 3.05) is 13.7 Å². The van der Waals surface area contributed by atoms with Gasteiger partial charge in [-0.05, 0) is 0 Å². The molecule has 4 N–H and O–H groups in total. The van der Waals surface area contributed by atoms with E-state index >= 15 is 0 Å². The maximum Gasteiger partial charge on any atom is 0.322 e. The van der Waals surface area contributed by atoms with Gasteiger partial charge in [0.2, 0.25) is 0 Å². The maximum atomic E-state index is 12.5. The summed E-state index contributed by atoms with van der Waals surface area (Å²) in [6.45, 7) is -0.120. The van der Waals surface area contributed by atoms with E-state index in [9.17, 15) is 9.18 Å². The second kappa shape index (κ2) is 5.03. The summed E-state index contributed by atoms with van der Waals surface area (Å²) in [5, 5.41) is 0. The molecular weight excluding hydrogens is 151 g/mol. The fourth-order valence-electron chi connectivity index (χ4n) is 0.619. The second-order valence-electron chi connectivity index (χ2n) is 2.20. The predicted octanol–water partition coefficient (Wildman–Crippen LogP) is -0.826. The maximum absolute atomic E-state index is 12.5. The van der Waals surface area contributed by atoms with Crippen LogP contribution in [-0.2, 0) is 9.53 Å². The van der Waals surface area contributed by atoms with Crippen LogP contribution in [0.2, 0.25) is 0 Å². The van der Waals surface area contributed by atoms with E-state index in [2.05, 4.69) is 4.74 Å². The Bertz CT molecular complexity index is 132. The molecule has 0 saturated carbocycles. The average Bonchev–Trinajstić information content (AvgIpc) is 2.02. The number of methoxy groups -OCH3 is 1. The van der Waals surface area contributed by atoms with Gasteiger partial charge in [-0.1, -0.05) is 0 Å². The van der Waals surface area contributed by atoms with Gasteiger partial charge in [0.15, 0.2) is 0 Å². The zero-order chi connectivity index (χ0) is 8.85. The highest BCUT2D eigenvalue weighted by Crippen LogP contribution is 2.00. The molecule has 0 aliphatic carbocycles. The quantitative estimate of drug-likeness (QED) is 0.532. The Labute approximate surface area is 64.7 Å². The molecule has 0 amide bonds. The summed E-state index contributed by atoms with van der Waals surface area (Å²) in [6.07, 6.45) is -1.31. The van der Waals surface area contributed by atoms with Crippen molar-refractivity contribution in [2.24, 2.45) is 11.5 Å². The van der Waals surface area contributed by atoms with Gasteiger partial charge in [0, 0.05) is 13.0 Å². The molecule has 0 radical (unpaired) electrons. The number of esters is 1. The largest absolute Gasteiger partial charge is 0.468 e. The van der Waals surface area contributed by atoms with E-state index in [1.54, 1.807) is 0 Å². The summed E-state index contributed by atoms with van der Waals surface area (Å²) in [7, 11) is 1.21. The number of halogens is 1. The molecule has 5 heteroatoms. The van der Waals surface area contributed by atoms with E-state index in [1.807, 2.05) is 0 Å². The molecule has 0 unspecified atom stereocenters. The zero-order valence-electron chi connectivity index (χ0n) is 6.42. The Morgan fingerprint density at radius 2 is 2.27 bits per heavy atom. The monoisotopic (exact) mass is 164 g/mol. The Morgan fingerprint density at radius 3 is 2.64 bits per heavy atom. The van der Waals surface area contributed by atoms with Crippen molar-refractivity contribution >= 4 is 5.97 Å². The molecule has 0 bridgehead atoms. The second-order valence-corrected chi connectivity index (χ2v) is 2.20. The highest BCUT2D eigenvalue weighted by molar-refractivity contribution is 5.75. The molecule has 0 aromatic heterocycles. The molecule has 0 aliphatic heterocycles. The molecule has 4 nitrogen and oxygen atoms in total. The molecule has 0 saturated heterocycles. The summed E-state index contributed by atoms with van der Waals surface area (Å²) >= 11 is 0. The zero-order valence-corrected chi connectivity index (χ0v) is 6.42.